The molecule has 0 radical (unpaired) electrons. The van der Waals surface area contributed by atoms with Gasteiger partial charge in [-0.05, 0) is 62.0 Å². The minimum absolute atomic E-state index is 0.139. The highest BCUT2D eigenvalue weighted by molar-refractivity contribution is 5.94. The van der Waals surface area contributed by atoms with Gasteiger partial charge in [0.2, 0.25) is 11.8 Å². The van der Waals surface area contributed by atoms with E-state index in [0.717, 1.165) is 31.5 Å². The number of aliphatic hydroxyl groups excluding tert-OH is 1. The molecule has 1 aromatic rings. The Kier molecular flexibility index (Phi) is 6.74. The molecule has 1 aliphatic carbocycles. The summed E-state index contributed by atoms with van der Waals surface area (Å²) >= 11 is 0. The lowest BCUT2D eigenvalue weighted by Crippen LogP contribution is -2.48. The zero-order valence-corrected chi connectivity index (χ0v) is 17.8. The van der Waals surface area contributed by atoms with Crippen molar-refractivity contribution in [3.8, 4) is 0 Å². The van der Waals surface area contributed by atoms with Crippen molar-refractivity contribution in [3.05, 3.63) is 35.4 Å². The summed E-state index contributed by atoms with van der Waals surface area (Å²) in [5.74, 6) is 0.481. The first-order chi connectivity index (χ1) is 14.6. The normalized spacial score (nSPS) is 26.8. The van der Waals surface area contributed by atoms with E-state index in [9.17, 15) is 14.7 Å². The maximum absolute atomic E-state index is 12.3. The van der Waals surface area contributed by atoms with Gasteiger partial charge in [0, 0.05) is 37.3 Å². The molecule has 3 fully saturated rings. The molecule has 3 aliphatic rings. The van der Waals surface area contributed by atoms with Gasteiger partial charge in [0.1, 0.15) is 6.61 Å². The third-order valence-corrected chi connectivity index (χ3v) is 7.62. The van der Waals surface area contributed by atoms with Crippen molar-refractivity contribution in [2.75, 3.05) is 26.2 Å². The second-order valence-electron chi connectivity index (χ2n) is 9.39. The third kappa shape index (κ3) is 4.54. The molecule has 6 nitrogen and oxygen atoms in total. The van der Waals surface area contributed by atoms with Gasteiger partial charge in [-0.1, -0.05) is 31.0 Å². The minimum Gasteiger partial charge on any atom is -0.387 e. The molecular weight excluding hydrogens is 378 g/mol. The number of amides is 2. The average Bonchev–Trinajstić information content (AvgIpc) is 3.35. The summed E-state index contributed by atoms with van der Waals surface area (Å²) in [5, 5.41) is 9.42. The van der Waals surface area contributed by atoms with Crippen molar-refractivity contribution >= 4 is 11.8 Å². The largest absolute Gasteiger partial charge is 0.387 e. The van der Waals surface area contributed by atoms with Gasteiger partial charge >= 0.3 is 0 Å². The standard InChI is InChI=1S/C24H35N3O3/c25-24(30)22-8-4-3-7-21(22)18-13-19-9-10-20(14-18)27(19)12-11-26(23(29)16-28)15-17-5-1-2-6-17/h3-4,7-8,17-20,28H,1-2,5-6,9-16H2,(H2,25,30). The Balaban J connectivity index is 1.39. The van der Waals surface area contributed by atoms with E-state index in [1.165, 1.54) is 38.5 Å². The number of hydrogen-bond acceptors (Lipinski definition) is 4. The number of hydrogen-bond donors (Lipinski definition) is 2. The van der Waals surface area contributed by atoms with Crippen LogP contribution in [-0.4, -0.2) is 65.0 Å². The van der Waals surface area contributed by atoms with Gasteiger partial charge in [-0.2, -0.15) is 0 Å². The van der Waals surface area contributed by atoms with Crippen LogP contribution >= 0.6 is 0 Å². The summed E-state index contributed by atoms with van der Waals surface area (Å²) in [6.07, 6.45) is 9.35. The molecule has 3 N–H and O–H groups in total. The van der Waals surface area contributed by atoms with Crippen molar-refractivity contribution in [2.45, 2.75) is 69.4 Å². The summed E-state index contributed by atoms with van der Waals surface area (Å²) in [7, 11) is 0. The molecule has 4 rings (SSSR count). The highest BCUT2D eigenvalue weighted by Crippen LogP contribution is 2.43. The lowest BCUT2D eigenvalue weighted by atomic mass is 9.82. The Morgan fingerprint density at radius 2 is 1.73 bits per heavy atom. The number of fused-ring (bicyclic) bond motifs is 2. The number of piperidine rings is 1. The van der Waals surface area contributed by atoms with E-state index >= 15 is 0 Å². The molecule has 30 heavy (non-hydrogen) atoms. The molecule has 6 heteroatoms. The topological polar surface area (TPSA) is 86.9 Å². The molecule has 0 spiro atoms. The smallest absolute Gasteiger partial charge is 0.248 e. The number of primary amides is 1. The number of carbonyl (C=O) groups is 2. The fourth-order valence-corrected chi connectivity index (χ4v) is 6.13. The summed E-state index contributed by atoms with van der Waals surface area (Å²) in [5.41, 5.74) is 7.37. The highest BCUT2D eigenvalue weighted by atomic mass is 16.3. The Bertz CT molecular complexity index is 748. The summed E-state index contributed by atoms with van der Waals surface area (Å²) in [6.45, 7) is 1.96. The molecule has 2 aliphatic heterocycles. The first kappa shape index (κ1) is 21.3. The van der Waals surface area contributed by atoms with Crippen molar-refractivity contribution in [1.29, 1.82) is 0 Å². The van der Waals surface area contributed by atoms with Crippen molar-refractivity contribution in [3.63, 3.8) is 0 Å². The number of aliphatic hydroxyl groups is 1. The number of rotatable bonds is 8. The molecule has 2 heterocycles. The van der Waals surface area contributed by atoms with Crippen LogP contribution in [-0.2, 0) is 4.79 Å². The van der Waals surface area contributed by atoms with Gasteiger partial charge in [-0.3, -0.25) is 14.5 Å². The summed E-state index contributed by atoms with van der Waals surface area (Å²) in [4.78, 5) is 28.6. The van der Waals surface area contributed by atoms with Gasteiger partial charge in [0.25, 0.3) is 0 Å². The van der Waals surface area contributed by atoms with E-state index in [1.807, 2.05) is 23.1 Å². The van der Waals surface area contributed by atoms with Crippen LogP contribution in [0.5, 0.6) is 0 Å². The van der Waals surface area contributed by atoms with Gasteiger partial charge in [0.05, 0.1) is 0 Å². The maximum Gasteiger partial charge on any atom is 0.248 e. The monoisotopic (exact) mass is 413 g/mol. The van der Waals surface area contributed by atoms with Gasteiger partial charge in [-0.15, -0.1) is 0 Å². The SMILES string of the molecule is NC(=O)c1ccccc1C1CC2CCC(C1)N2CCN(CC1CCCC1)C(=O)CO. The Labute approximate surface area is 179 Å². The van der Waals surface area contributed by atoms with Crippen molar-refractivity contribution in [2.24, 2.45) is 11.7 Å². The van der Waals surface area contributed by atoms with Crippen LogP contribution < -0.4 is 5.73 Å². The average molecular weight is 414 g/mol. The lowest BCUT2D eigenvalue weighted by molar-refractivity contribution is -0.135. The van der Waals surface area contributed by atoms with Crippen LogP contribution in [0.1, 0.15) is 73.2 Å². The molecule has 0 aromatic heterocycles. The van der Waals surface area contributed by atoms with Crippen LogP contribution in [0.25, 0.3) is 0 Å². The van der Waals surface area contributed by atoms with E-state index < -0.39 is 6.61 Å². The van der Waals surface area contributed by atoms with Crippen LogP contribution in [0.4, 0.5) is 0 Å². The summed E-state index contributed by atoms with van der Waals surface area (Å²) in [6, 6.07) is 8.76. The van der Waals surface area contributed by atoms with E-state index in [4.69, 9.17) is 5.73 Å². The van der Waals surface area contributed by atoms with Gasteiger partial charge < -0.3 is 15.7 Å². The molecule has 2 atom stereocenters. The highest BCUT2D eigenvalue weighted by Gasteiger charge is 2.41. The predicted molar refractivity (Wildman–Crippen MR) is 116 cm³/mol. The Hall–Kier alpha value is -1.92. The minimum atomic E-state index is -0.397. The lowest BCUT2D eigenvalue weighted by Gasteiger charge is -2.40. The fourth-order valence-electron chi connectivity index (χ4n) is 6.13. The van der Waals surface area contributed by atoms with Gasteiger partial charge in [0.15, 0.2) is 0 Å². The molecule has 2 amide bonds. The second kappa shape index (κ2) is 9.48. The summed E-state index contributed by atoms with van der Waals surface area (Å²) < 4.78 is 0. The van der Waals surface area contributed by atoms with E-state index in [-0.39, 0.29) is 11.8 Å². The number of nitrogens with two attached hydrogens (primary N) is 1. The Morgan fingerprint density at radius 3 is 2.37 bits per heavy atom. The van der Waals surface area contributed by atoms with Crippen LogP contribution in [0, 0.1) is 5.92 Å². The van der Waals surface area contributed by atoms with Crippen molar-refractivity contribution < 1.29 is 14.7 Å². The van der Waals surface area contributed by atoms with E-state index in [0.29, 0.717) is 36.0 Å². The molecule has 2 bridgehead atoms. The third-order valence-electron chi connectivity index (χ3n) is 7.62. The predicted octanol–water partition coefficient (Wildman–Crippen LogP) is 2.51. The first-order valence-electron chi connectivity index (χ1n) is 11.6. The quantitative estimate of drug-likeness (QED) is 0.686. The van der Waals surface area contributed by atoms with Crippen molar-refractivity contribution in [1.82, 2.24) is 9.80 Å². The van der Waals surface area contributed by atoms with E-state index in [2.05, 4.69) is 11.0 Å². The molecule has 1 aromatic carbocycles. The van der Waals surface area contributed by atoms with Gasteiger partial charge in [-0.25, -0.2) is 0 Å². The second-order valence-corrected chi connectivity index (χ2v) is 9.39. The molecule has 2 unspecified atom stereocenters. The molecule has 2 saturated heterocycles. The maximum atomic E-state index is 12.3. The van der Waals surface area contributed by atoms with E-state index in [1.54, 1.807) is 0 Å². The number of nitrogens with zero attached hydrogens (tertiary/aromatic N) is 2. The zero-order valence-electron chi connectivity index (χ0n) is 17.8. The molecular formula is C24H35N3O3. The zero-order chi connectivity index (χ0) is 21.1. The van der Waals surface area contributed by atoms with Crippen LogP contribution in [0.3, 0.4) is 0 Å². The van der Waals surface area contributed by atoms with Crippen LogP contribution in [0.2, 0.25) is 0 Å². The van der Waals surface area contributed by atoms with Crippen LogP contribution in [0.15, 0.2) is 24.3 Å². The number of benzene rings is 1. The Morgan fingerprint density at radius 1 is 1.07 bits per heavy atom. The first-order valence-corrected chi connectivity index (χ1v) is 11.6. The fraction of sp³-hybridized carbons (Fsp3) is 0.667. The molecule has 1 saturated carbocycles. The molecule has 164 valence electrons. The number of carbonyl (C=O) groups excluding carboxylic acids is 2.